The Kier molecular flexibility index (Phi) is 6.79. The Balaban J connectivity index is 1.17. The van der Waals surface area contributed by atoms with Gasteiger partial charge in [0.1, 0.15) is 0 Å². The molecule has 4 aromatic rings. The Labute approximate surface area is 207 Å². The maximum atomic E-state index is 12.6. The topological polar surface area (TPSA) is 70.8 Å². The molecular formula is C22H20ClN5O2S3. The summed E-state index contributed by atoms with van der Waals surface area (Å²) in [5.74, 6) is 0.548. The third-order valence-electron chi connectivity index (χ3n) is 5.32. The number of amides is 1. The van der Waals surface area contributed by atoms with E-state index in [2.05, 4.69) is 15.0 Å². The number of carbonyl (C=O) groups is 1. The van der Waals surface area contributed by atoms with Gasteiger partial charge in [-0.1, -0.05) is 29.0 Å². The molecule has 3 aromatic heterocycles. The van der Waals surface area contributed by atoms with Gasteiger partial charge in [0.05, 0.1) is 16.3 Å². The second kappa shape index (κ2) is 9.94. The van der Waals surface area contributed by atoms with Gasteiger partial charge >= 0.3 is 0 Å². The third-order valence-corrected chi connectivity index (χ3v) is 8.51. The maximum Gasteiger partial charge on any atom is 0.275 e. The molecule has 0 N–H and O–H groups in total. The molecule has 4 heterocycles. The Morgan fingerprint density at radius 2 is 1.91 bits per heavy atom. The van der Waals surface area contributed by atoms with Gasteiger partial charge in [-0.15, -0.1) is 23.1 Å². The number of hydrogen-bond donors (Lipinski definition) is 0. The van der Waals surface area contributed by atoms with Gasteiger partial charge < -0.3 is 4.90 Å². The first-order valence-electron chi connectivity index (χ1n) is 10.4. The molecule has 5 rings (SSSR count). The van der Waals surface area contributed by atoms with Crippen LogP contribution in [0.3, 0.4) is 0 Å². The van der Waals surface area contributed by atoms with Crippen molar-refractivity contribution in [1.82, 2.24) is 24.4 Å². The summed E-state index contributed by atoms with van der Waals surface area (Å²) < 4.78 is 1.37. The molecule has 1 fully saturated rings. The number of carbonyl (C=O) groups excluding carboxylic acids is 1. The maximum absolute atomic E-state index is 12.6. The van der Waals surface area contributed by atoms with Crippen LogP contribution < -0.4 is 5.56 Å². The summed E-state index contributed by atoms with van der Waals surface area (Å²) >= 11 is 10.5. The summed E-state index contributed by atoms with van der Waals surface area (Å²) in [5, 5.41) is 7.90. The number of aromatic nitrogens is 3. The van der Waals surface area contributed by atoms with Crippen LogP contribution in [-0.2, 0) is 11.3 Å². The van der Waals surface area contributed by atoms with Crippen LogP contribution >= 0.6 is 46.0 Å². The Hall–Kier alpha value is -2.24. The van der Waals surface area contributed by atoms with Gasteiger partial charge in [0.25, 0.3) is 5.56 Å². The fourth-order valence-corrected chi connectivity index (χ4v) is 6.23. The molecule has 33 heavy (non-hydrogen) atoms. The normalized spacial score (nSPS) is 14.8. The van der Waals surface area contributed by atoms with Crippen LogP contribution in [0.2, 0.25) is 5.02 Å². The van der Waals surface area contributed by atoms with Gasteiger partial charge in [-0.3, -0.25) is 14.5 Å². The van der Waals surface area contributed by atoms with Crippen molar-refractivity contribution in [2.75, 3.05) is 31.9 Å². The largest absolute Gasteiger partial charge is 0.339 e. The molecule has 0 aliphatic carbocycles. The van der Waals surface area contributed by atoms with Gasteiger partial charge in [0, 0.05) is 48.7 Å². The van der Waals surface area contributed by atoms with E-state index in [-0.39, 0.29) is 11.5 Å². The lowest BCUT2D eigenvalue weighted by Crippen LogP contribution is -2.49. The number of benzene rings is 1. The molecule has 170 valence electrons. The van der Waals surface area contributed by atoms with Crippen LogP contribution in [0.5, 0.6) is 0 Å². The average Bonchev–Trinajstić information content (AvgIpc) is 3.49. The highest BCUT2D eigenvalue weighted by Crippen LogP contribution is 2.28. The highest BCUT2D eigenvalue weighted by atomic mass is 35.5. The molecule has 1 aromatic carbocycles. The quantitative estimate of drug-likeness (QED) is 0.360. The Bertz CT molecular complexity index is 1310. The highest BCUT2D eigenvalue weighted by Gasteiger charge is 2.22. The lowest BCUT2D eigenvalue weighted by Gasteiger charge is -2.34. The number of nitrogens with zero attached hydrogens (tertiary/aromatic N) is 5. The molecule has 0 radical (unpaired) electrons. The Morgan fingerprint density at radius 3 is 2.64 bits per heavy atom. The van der Waals surface area contributed by atoms with Crippen LogP contribution in [0.4, 0.5) is 0 Å². The van der Waals surface area contributed by atoms with Crippen LogP contribution in [0.15, 0.2) is 57.5 Å². The molecule has 1 aliphatic rings. The lowest BCUT2D eigenvalue weighted by atomic mass is 10.3. The van der Waals surface area contributed by atoms with E-state index in [0.29, 0.717) is 35.4 Å². The summed E-state index contributed by atoms with van der Waals surface area (Å²) in [6.45, 7) is 3.43. The van der Waals surface area contributed by atoms with E-state index in [4.69, 9.17) is 11.6 Å². The SMILES string of the molecule is O=C(CSc1ccc(Cl)cc1)N1CCN(Cc2cc(=O)n3nc(-c4cccs4)sc3n2)CC1. The second-order valence-electron chi connectivity index (χ2n) is 7.56. The van der Waals surface area contributed by atoms with Crippen LogP contribution in [0, 0.1) is 0 Å². The van der Waals surface area contributed by atoms with Gasteiger partial charge in [-0.25, -0.2) is 4.98 Å². The van der Waals surface area contributed by atoms with E-state index < -0.39 is 0 Å². The second-order valence-corrected chi connectivity index (χ2v) is 11.0. The molecular weight excluding hydrogens is 498 g/mol. The predicted octanol–water partition coefficient (Wildman–Crippen LogP) is 3.97. The van der Waals surface area contributed by atoms with Crippen molar-refractivity contribution in [3.63, 3.8) is 0 Å². The van der Waals surface area contributed by atoms with Crippen molar-refractivity contribution >= 4 is 56.9 Å². The zero-order chi connectivity index (χ0) is 22.8. The first-order chi connectivity index (χ1) is 16.0. The van der Waals surface area contributed by atoms with Crippen LogP contribution in [0.1, 0.15) is 5.69 Å². The number of hydrogen-bond acceptors (Lipinski definition) is 8. The summed E-state index contributed by atoms with van der Waals surface area (Å²) in [4.78, 5) is 36.6. The monoisotopic (exact) mass is 517 g/mol. The minimum atomic E-state index is -0.165. The third kappa shape index (κ3) is 5.30. The Morgan fingerprint density at radius 1 is 1.12 bits per heavy atom. The number of fused-ring (bicyclic) bond motifs is 1. The van der Waals surface area contributed by atoms with Crippen molar-refractivity contribution < 1.29 is 4.79 Å². The molecule has 1 aliphatic heterocycles. The molecule has 1 amide bonds. The molecule has 7 nitrogen and oxygen atoms in total. The van der Waals surface area contributed by atoms with Crippen LogP contribution in [0.25, 0.3) is 14.8 Å². The highest BCUT2D eigenvalue weighted by molar-refractivity contribution is 8.00. The van der Waals surface area contributed by atoms with E-state index in [1.54, 1.807) is 17.4 Å². The number of piperazine rings is 1. The number of rotatable bonds is 6. The lowest BCUT2D eigenvalue weighted by molar-refractivity contribution is -0.130. The van der Waals surface area contributed by atoms with Gasteiger partial charge in [0.15, 0.2) is 5.01 Å². The molecule has 11 heteroatoms. The number of halogens is 1. The first-order valence-corrected chi connectivity index (χ1v) is 13.4. The first kappa shape index (κ1) is 22.5. The van der Waals surface area contributed by atoms with E-state index in [0.717, 1.165) is 33.6 Å². The van der Waals surface area contributed by atoms with Gasteiger partial charge in [-0.05, 0) is 35.7 Å². The van der Waals surface area contributed by atoms with E-state index >= 15 is 0 Å². The fourth-order valence-electron chi connectivity index (χ4n) is 3.59. The molecule has 0 atom stereocenters. The zero-order valence-corrected chi connectivity index (χ0v) is 20.7. The molecule has 0 bridgehead atoms. The van der Waals surface area contributed by atoms with E-state index in [9.17, 15) is 9.59 Å². The number of thioether (sulfide) groups is 1. The summed E-state index contributed by atoms with van der Waals surface area (Å²) in [6.07, 6.45) is 0. The summed E-state index contributed by atoms with van der Waals surface area (Å²) in [5.41, 5.74) is 0.571. The minimum Gasteiger partial charge on any atom is -0.339 e. The predicted molar refractivity (Wildman–Crippen MR) is 134 cm³/mol. The standard InChI is InChI=1S/C22H20ClN5O2S3/c23-15-3-5-17(6-4-15)32-14-20(30)27-9-7-26(8-10-27)13-16-12-19(29)28-22(24-16)33-21(25-28)18-2-1-11-31-18/h1-6,11-12H,7-10,13-14H2. The van der Waals surface area contributed by atoms with Crippen molar-refractivity contribution in [1.29, 1.82) is 0 Å². The van der Waals surface area contributed by atoms with E-state index in [1.807, 2.05) is 46.7 Å². The van der Waals surface area contributed by atoms with E-state index in [1.165, 1.54) is 27.6 Å². The van der Waals surface area contributed by atoms with Crippen molar-refractivity contribution in [3.05, 3.63) is 68.9 Å². The van der Waals surface area contributed by atoms with Crippen molar-refractivity contribution in [2.24, 2.45) is 0 Å². The van der Waals surface area contributed by atoms with Gasteiger partial charge in [0.2, 0.25) is 10.9 Å². The van der Waals surface area contributed by atoms with Crippen molar-refractivity contribution in [3.8, 4) is 9.88 Å². The molecule has 1 saturated heterocycles. The van der Waals surface area contributed by atoms with Crippen LogP contribution in [-0.4, -0.2) is 62.2 Å². The average molecular weight is 518 g/mol. The minimum absolute atomic E-state index is 0.137. The van der Waals surface area contributed by atoms with Gasteiger partial charge in [-0.2, -0.15) is 9.61 Å². The summed E-state index contributed by atoms with van der Waals surface area (Å²) in [7, 11) is 0. The number of thiophene rings is 1. The molecule has 0 saturated carbocycles. The van der Waals surface area contributed by atoms with Crippen molar-refractivity contribution in [2.45, 2.75) is 11.4 Å². The zero-order valence-electron chi connectivity index (χ0n) is 17.5. The molecule has 0 spiro atoms. The smallest absolute Gasteiger partial charge is 0.275 e. The summed E-state index contributed by atoms with van der Waals surface area (Å²) in [6, 6.07) is 13.0. The fraction of sp³-hybridized carbons (Fsp3) is 0.273. The molecule has 0 unspecified atom stereocenters.